The maximum atomic E-state index is 14.0. The van der Waals surface area contributed by atoms with Crippen LogP contribution in [0.15, 0.2) is 48.7 Å². The average Bonchev–Trinajstić information content (AvgIpc) is 3.28. The van der Waals surface area contributed by atoms with Crippen molar-refractivity contribution in [1.29, 1.82) is 0 Å². The lowest BCUT2D eigenvalue weighted by Gasteiger charge is -2.05. The number of carbonyl (C=O) groups is 1. The molecule has 28 heavy (non-hydrogen) atoms. The zero-order chi connectivity index (χ0) is 19.7. The zero-order valence-corrected chi connectivity index (χ0v) is 15.9. The fourth-order valence-electron chi connectivity index (χ4n) is 3.67. The summed E-state index contributed by atoms with van der Waals surface area (Å²) in [6.45, 7) is 4.40. The van der Waals surface area contributed by atoms with Gasteiger partial charge in [-0.25, -0.2) is 4.39 Å². The van der Waals surface area contributed by atoms with E-state index in [1.165, 1.54) is 6.07 Å². The van der Waals surface area contributed by atoms with Crippen LogP contribution in [0.5, 0.6) is 0 Å². The first-order valence-electron chi connectivity index (χ1n) is 9.32. The molecule has 0 fully saturated rings. The molecular formula is C23H22FN3O. The Morgan fingerprint density at radius 2 is 2.04 bits per heavy atom. The van der Waals surface area contributed by atoms with Gasteiger partial charge in [-0.15, -0.1) is 0 Å². The lowest BCUT2D eigenvalue weighted by molar-refractivity contribution is -0.116. The molecule has 0 radical (unpaired) electrons. The first-order valence-corrected chi connectivity index (χ1v) is 9.32. The van der Waals surface area contributed by atoms with Crippen LogP contribution in [0.4, 0.5) is 4.39 Å². The van der Waals surface area contributed by atoms with E-state index in [2.05, 4.69) is 15.3 Å². The number of fused-ring (bicyclic) bond motifs is 2. The van der Waals surface area contributed by atoms with E-state index in [1.54, 1.807) is 18.2 Å². The molecule has 5 heteroatoms. The van der Waals surface area contributed by atoms with Gasteiger partial charge in [-0.1, -0.05) is 12.1 Å². The molecule has 0 saturated heterocycles. The number of aromatic amines is 2. The molecule has 0 atom stereocenters. The second-order valence-corrected chi connectivity index (χ2v) is 7.04. The van der Waals surface area contributed by atoms with Crippen molar-refractivity contribution in [3.63, 3.8) is 0 Å². The number of benzene rings is 2. The Bertz CT molecular complexity index is 1200. The number of nitrogens with one attached hydrogen (secondary N) is 3. The van der Waals surface area contributed by atoms with Gasteiger partial charge in [0.1, 0.15) is 5.82 Å². The van der Waals surface area contributed by atoms with Crippen molar-refractivity contribution in [2.75, 3.05) is 6.54 Å². The van der Waals surface area contributed by atoms with Crippen LogP contribution < -0.4 is 5.32 Å². The van der Waals surface area contributed by atoms with Crippen molar-refractivity contribution in [1.82, 2.24) is 15.3 Å². The second-order valence-electron chi connectivity index (χ2n) is 7.04. The molecule has 0 unspecified atom stereocenters. The molecule has 1 amide bonds. The van der Waals surface area contributed by atoms with E-state index in [1.807, 2.05) is 44.3 Å². The van der Waals surface area contributed by atoms with Crippen LogP contribution >= 0.6 is 0 Å². The highest BCUT2D eigenvalue weighted by Crippen LogP contribution is 2.27. The van der Waals surface area contributed by atoms with Crippen molar-refractivity contribution in [3.05, 3.63) is 76.9 Å². The Morgan fingerprint density at radius 3 is 2.89 bits per heavy atom. The molecule has 4 rings (SSSR count). The SMILES string of the molecule is Cc1[nH]c2c(F)ccc(C)c2c1CCNC(=O)C=Cc1ccc2[nH]ccc2c1. The molecule has 2 heterocycles. The quantitative estimate of drug-likeness (QED) is 0.432. The van der Waals surface area contributed by atoms with Gasteiger partial charge in [-0.05, 0) is 72.7 Å². The lowest BCUT2D eigenvalue weighted by Crippen LogP contribution is -2.23. The summed E-state index contributed by atoms with van der Waals surface area (Å²) in [5.41, 5.74) is 5.60. The molecule has 2 aromatic carbocycles. The monoisotopic (exact) mass is 375 g/mol. The minimum absolute atomic E-state index is 0.144. The largest absolute Gasteiger partial charge is 0.361 e. The fourth-order valence-corrected chi connectivity index (χ4v) is 3.67. The number of rotatable bonds is 5. The van der Waals surface area contributed by atoms with Gasteiger partial charge in [0, 0.05) is 35.4 Å². The number of halogens is 1. The third-order valence-electron chi connectivity index (χ3n) is 5.11. The Morgan fingerprint density at radius 1 is 1.18 bits per heavy atom. The van der Waals surface area contributed by atoms with Crippen molar-refractivity contribution in [3.8, 4) is 0 Å². The van der Waals surface area contributed by atoms with Crippen LogP contribution in [0.3, 0.4) is 0 Å². The van der Waals surface area contributed by atoms with E-state index < -0.39 is 0 Å². The second kappa shape index (κ2) is 7.35. The van der Waals surface area contributed by atoms with Crippen LogP contribution in [0.25, 0.3) is 27.9 Å². The molecule has 0 spiro atoms. The summed E-state index contributed by atoms with van der Waals surface area (Å²) < 4.78 is 14.0. The van der Waals surface area contributed by atoms with Gasteiger partial charge in [0.25, 0.3) is 0 Å². The molecule has 0 aliphatic heterocycles. The van der Waals surface area contributed by atoms with Crippen LogP contribution in [-0.2, 0) is 11.2 Å². The number of carbonyl (C=O) groups excluding carboxylic acids is 1. The lowest BCUT2D eigenvalue weighted by atomic mass is 10.0. The molecule has 0 bridgehead atoms. The summed E-state index contributed by atoms with van der Waals surface area (Å²) in [5, 5.41) is 4.94. The molecule has 142 valence electrons. The number of aromatic nitrogens is 2. The molecule has 4 aromatic rings. The highest BCUT2D eigenvalue weighted by Gasteiger charge is 2.13. The van der Waals surface area contributed by atoms with Crippen LogP contribution in [0, 0.1) is 19.7 Å². The standard InChI is InChI=1S/C23H22FN3O/c1-14-3-6-19(24)23-22(14)18(15(2)27-23)10-12-26-21(28)8-5-16-4-7-20-17(13-16)9-11-25-20/h3-9,11,13,25,27H,10,12H2,1-2H3,(H,26,28). The van der Waals surface area contributed by atoms with Crippen LogP contribution in [-0.4, -0.2) is 22.4 Å². The summed E-state index contributed by atoms with van der Waals surface area (Å²) in [4.78, 5) is 18.4. The normalized spacial score (nSPS) is 11.7. The summed E-state index contributed by atoms with van der Waals surface area (Å²) in [6.07, 6.45) is 5.88. The number of hydrogen-bond acceptors (Lipinski definition) is 1. The van der Waals surface area contributed by atoms with Crippen LogP contribution in [0.1, 0.15) is 22.4 Å². The topological polar surface area (TPSA) is 60.7 Å². The fraction of sp³-hybridized carbons (Fsp3) is 0.174. The predicted molar refractivity (Wildman–Crippen MR) is 112 cm³/mol. The molecule has 0 aliphatic carbocycles. The van der Waals surface area contributed by atoms with Gasteiger partial charge in [0.2, 0.25) is 5.91 Å². The van der Waals surface area contributed by atoms with Crippen molar-refractivity contribution >= 4 is 33.8 Å². The van der Waals surface area contributed by atoms with E-state index in [4.69, 9.17) is 0 Å². The molecule has 0 aliphatic rings. The molecule has 0 saturated carbocycles. The van der Waals surface area contributed by atoms with Crippen molar-refractivity contribution < 1.29 is 9.18 Å². The van der Waals surface area contributed by atoms with Crippen molar-refractivity contribution in [2.45, 2.75) is 20.3 Å². The number of H-pyrrole nitrogens is 2. The van der Waals surface area contributed by atoms with Crippen molar-refractivity contribution in [2.24, 2.45) is 0 Å². The van der Waals surface area contributed by atoms with Gasteiger partial charge in [-0.3, -0.25) is 4.79 Å². The summed E-state index contributed by atoms with van der Waals surface area (Å²) in [5.74, 6) is -0.393. The van der Waals surface area contributed by atoms with Gasteiger partial charge >= 0.3 is 0 Å². The molecule has 4 nitrogen and oxygen atoms in total. The summed E-state index contributed by atoms with van der Waals surface area (Å²) in [6, 6.07) is 11.3. The predicted octanol–water partition coefficient (Wildman–Crippen LogP) is 4.78. The first kappa shape index (κ1) is 18.0. The van der Waals surface area contributed by atoms with E-state index in [9.17, 15) is 9.18 Å². The number of hydrogen-bond donors (Lipinski definition) is 3. The van der Waals surface area contributed by atoms with Gasteiger partial charge < -0.3 is 15.3 Å². The average molecular weight is 375 g/mol. The van der Waals surface area contributed by atoms with E-state index >= 15 is 0 Å². The van der Waals surface area contributed by atoms with Crippen LogP contribution in [0.2, 0.25) is 0 Å². The maximum absolute atomic E-state index is 14.0. The Kier molecular flexibility index (Phi) is 4.74. The Balaban J connectivity index is 1.41. The summed E-state index contributed by atoms with van der Waals surface area (Å²) in [7, 11) is 0. The van der Waals surface area contributed by atoms with E-state index in [0.29, 0.717) is 18.5 Å². The smallest absolute Gasteiger partial charge is 0.244 e. The molecule has 3 N–H and O–H groups in total. The molecule has 2 aromatic heterocycles. The van der Waals surface area contributed by atoms with Gasteiger partial charge in [-0.2, -0.15) is 0 Å². The maximum Gasteiger partial charge on any atom is 0.244 e. The highest BCUT2D eigenvalue weighted by atomic mass is 19.1. The number of amides is 1. The van der Waals surface area contributed by atoms with Gasteiger partial charge in [0.15, 0.2) is 0 Å². The summed E-state index contributed by atoms with van der Waals surface area (Å²) >= 11 is 0. The minimum Gasteiger partial charge on any atom is -0.361 e. The number of aryl methyl sites for hydroxylation is 2. The Labute approximate surface area is 162 Å². The zero-order valence-electron chi connectivity index (χ0n) is 15.9. The van der Waals surface area contributed by atoms with E-state index in [-0.39, 0.29) is 11.7 Å². The van der Waals surface area contributed by atoms with Gasteiger partial charge in [0.05, 0.1) is 5.52 Å². The Hall–Kier alpha value is -3.34. The third-order valence-corrected chi connectivity index (χ3v) is 5.11. The first-order chi connectivity index (χ1) is 13.5. The van der Waals surface area contributed by atoms with E-state index in [0.717, 1.165) is 38.7 Å². The minimum atomic E-state index is -0.249. The highest BCUT2D eigenvalue weighted by molar-refractivity contribution is 5.93. The third kappa shape index (κ3) is 3.43. The molecular weight excluding hydrogens is 353 g/mol.